The summed E-state index contributed by atoms with van der Waals surface area (Å²) in [5.74, 6) is 0.258. The molecule has 2 atom stereocenters. The van der Waals surface area contributed by atoms with Crippen molar-refractivity contribution in [1.29, 1.82) is 0 Å². The molecule has 1 N–H and O–H groups in total. The van der Waals surface area contributed by atoms with E-state index >= 15 is 0 Å². The van der Waals surface area contributed by atoms with E-state index in [1.807, 2.05) is 0 Å². The molecule has 0 aromatic carbocycles. The number of aryl methyl sites for hydroxylation is 1. The average molecular weight is 308 g/mol. The molecular weight excluding hydrogens is 288 g/mol. The fourth-order valence-electron chi connectivity index (χ4n) is 3.36. The second kappa shape index (κ2) is 5.57. The Bertz CT molecular complexity index is 571. The first kappa shape index (κ1) is 14.2. The molecule has 2 aliphatic carbocycles. The molecule has 0 saturated carbocycles. The van der Waals surface area contributed by atoms with Crippen LogP contribution in [-0.2, 0) is 12.8 Å². The molecule has 1 aromatic heterocycles. The summed E-state index contributed by atoms with van der Waals surface area (Å²) in [5.41, 5.74) is 1.77. The third-order valence-corrected chi connectivity index (χ3v) is 6.37. The van der Waals surface area contributed by atoms with E-state index < -0.39 is 5.97 Å². The number of thiol groups is 1. The normalized spacial score (nSPS) is 26.0. The number of carboxylic acid groups (broad SMARTS) is 1. The Kier molecular flexibility index (Phi) is 3.95. The van der Waals surface area contributed by atoms with Crippen LogP contribution in [0.5, 0.6) is 0 Å². The van der Waals surface area contributed by atoms with Gasteiger partial charge in [0.05, 0.1) is 5.56 Å². The van der Waals surface area contributed by atoms with Crippen molar-refractivity contribution < 1.29 is 9.90 Å². The summed E-state index contributed by atoms with van der Waals surface area (Å²) in [4.78, 5) is 15.3. The minimum atomic E-state index is -0.729. The summed E-state index contributed by atoms with van der Waals surface area (Å²) < 4.78 is 0. The van der Waals surface area contributed by atoms with E-state index in [2.05, 4.69) is 25.6 Å². The van der Waals surface area contributed by atoms with Crippen molar-refractivity contribution in [3.63, 3.8) is 0 Å². The molecule has 0 radical (unpaired) electrons. The van der Waals surface area contributed by atoms with Gasteiger partial charge in [0, 0.05) is 9.75 Å². The van der Waals surface area contributed by atoms with Gasteiger partial charge in [0.1, 0.15) is 0 Å². The lowest BCUT2D eigenvalue weighted by Gasteiger charge is -2.20. The zero-order chi connectivity index (χ0) is 14.3. The van der Waals surface area contributed by atoms with Crippen molar-refractivity contribution in [3.05, 3.63) is 31.9 Å². The van der Waals surface area contributed by atoms with Crippen molar-refractivity contribution >= 4 is 29.9 Å². The molecule has 0 spiro atoms. The van der Waals surface area contributed by atoms with Gasteiger partial charge in [0.2, 0.25) is 0 Å². The van der Waals surface area contributed by atoms with Gasteiger partial charge in [-0.2, -0.15) is 0 Å². The lowest BCUT2D eigenvalue weighted by molar-refractivity contribution is 0.0694. The number of carboxylic acids is 1. The molecule has 2 aliphatic rings. The van der Waals surface area contributed by atoms with E-state index in [0.717, 1.165) is 47.4 Å². The van der Waals surface area contributed by atoms with Crippen LogP contribution in [0.1, 0.15) is 64.2 Å². The van der Waals surface area contributed by atoms with Crippen molar-refractivity contribution in [1.82, 2.24) is 0 Å². The lowest BCUT2D eigenvalue weighted by atomic mass is 9.84. The zero-order valence-electron chi connectivity index (χ0n) is 11.7. The van der Waals surface area contributed by atoms with Crippen LogP contribution >= 0.6 is 24.0 Å². The highest BCUT2D eigenvalue weighted by molar-refractivity contribution is 7.84. The number of rotatable bonds is 2. The molecule has 1 heterocycles. The minimum absolute atomic E-state index is 0.378. The standard InChI is InChI=1S/C16H20O2S2/c1-9-2-7-13-12(8-9)14(16(17)18)15(20-13)10-3-5-11(19)6-4-10/h5,9-10,19H,2-4,6-8H2,1H3,(H,17,18). The summed E-state index contributed by atoms with van der Waals surface area (Å²) in [6.07, 6.45) is 8.29. The van der Waals surface area contributed by atoms with Crippen LogP contribution in [-0.4, -0.2) is 11.1 Å². The largest absolute Gasteiger partial charge is 0.478 e. The SMILES string of the molecule is CC1CCc2sc(C3CC=C(S)CC3)c(C(=O)O)c2C1. The van der Waals surface area contributed by atoms with Gasteiger partial charge in [-0.15, -0.1) is 24.0 Å². The Hall–Kier alpha value is -0.740. The van der Waals surface area contributed by atoms with Crippen LogP contribution in [0.25, 0.3) is 0 Å². The number of fused-ring (bicyclic) bond motifs is 1. The van der Waals surface area contributed by atoms with Gasteiger partial charge in [-0.05, 0) is 60.8 Å². The highest BCUT2D eigenvalue weighted by atomic mass is 32.1. The number of aromatic carboxylic acids is 1. The van der Waals surface area contributed by atoms with Crippen LogP contribution in [0.3, 0.4) is 0 Å². The van der Waals surface area contributed by atoms with E-state index in [1.165, 1.54) is 11.3 Å². The van der Waals surface area contributed by atoms with Crippen molar-refractivity contribution in [2.75, 3.05) is 0 Å². The van der Waals surface area contributed by atoms with E-state index in [1.54, 1.807) is 11.3 Å². The second-order valence-electron chi connectivity index (χ2n) is 6.06. The molecule has 2 unspecified atom stereocenters. The smallest absolute Gasteiger partial charge is 0.337 e. The van der Waals surface area contributed by atoms with E-state index in [4.69, 9.17) is 0 Å². The quantitative estimate of drug-likeness (QED) is 0.780. The second-order valence-corrected chi connectivity index (χ2v) is 7.77. The first-order valence-corrected chi connectivity index (χ1v) is 8.58. The summed E-state index contributed by atoms with van der Waals surface area (Å²) in [6.45, 7) is 2.22. The number of thiophene rings is 1. The summed E-state index contributed by atoms with van der Waals surface area (Å²) in [5, 5.41) is 9.66. The van der Waals surface area contributed by atoms with Crippen LogP contribution in [0, 0.1) is 5.92 Å². The first-order chi connectivity index (χ1) is 9.56. The number of carbonyl (C=O) groups is 1. The van der Waals surface area contributed by atoms with Crippen molar-refractivity contribution in [2.24, 2.45) is 5.92 Å². The molecule has 0 amide bonds. The maximum Gasteiger partial charge on any atom is 0.337 e. The highest BCUT2D eigenvalue weighted by Gasteiger charge is 2.31. The molecule has 0 saturated heterocycles. The molecule has 0 fully saturated rings. The molecule has 108 valence electrons. The van der Waals surface area contributed by atoms with E-state index in [9.17, 15) is 9.90 Å². The predicted octanol–water partition coefficient (Wildman–Crippen LogP) is 4.65. The number of allylic oxidation sites excluding steroid dienone is 2. The van der Waals surface area contributed by atoms with E-state index in [0.29, 0.717) is 17.4 Å². The van der Waals surface area contributed by atoms with Crippen molar-refractivity contribution in [2.45, 2.75) is 51.4 Å². The molecule has 4 heteroatoms. The fourth-order valence-corrected chi connectivity index (χ4v) is 5.08. The van der Waals surface area contributed by atoms with Crippen LogP contribution in [0.4, 0.5) is 0 Å². The maximum absolute atomic E-state index is 11.7. The predicted molar refractivity (Wildman–Crippen MR) is 86.1 cm³/mol. The van der Waals surface area contributed by atoms with Gasteiger partial charge in [-0.1, -0.05) is 13.0 Å². The fraction of sp³-hybridized carbons (Fsp3) is 0.562. The van der Waals surface area contributed by atoms with Crippen LogP contribution < -0.4 is 0 Å². The monoisotopic (exact) mass is 308 g/mol. The Morgan fingerprint density at radius 3 is 2.85 bits per heavy atom. The highest BCUT2D eigenvalue weighted by Crippen LogP contribution is 2.44. The third-order valence-electron chi connectivity index (χ3n) is 4.51. The molecule has 3 rings (SSSR count). The molecule has 20 heavy (non-hydrogen) atoms. The zero-order valence-corrected chi connectivity index (χ0v) is 13.4. The Morgan fingerprint density at radius 2 is 2.20 bits per heavy atom. The molecule has 0 aliphatic heterocycles. The van der Waals surface area contributed by atoms with Gasteiger partial charge in [0.25, 0.3) is 0 Å². The Balaban J connectivity index is 2.01. The van der Waals surface area contributed by atoms with Crippen LogP contribution in [0.15, 0.2) is 11.0 Å². The Morgan fingerprint density at radius 1 is 1.40 bits per heavy atom. The summed E-state index contributed by atoms with van der Waals surface area (Å²) in [7, 11) is 0. The molecule has 2 nitrogen and oxygen atoms in total. The lowest BCUT2D eigenvalue weighted by Crippen LogP contribution is -2.13. The van der Waals surface area contributed by atoms with Gasteiger partial charge in [-0.3, -0.25) is 0 Å². The number of hydrogen-bond acceptors (Lipinski definition) is 3. The summed E-state index contributed by atoms with van der Waals surface area (Å²) in [6, 6.07) is 0. The van der Waals surface area contributed by atoms with Crippen molar-refractivity contribution in [3.8, 4) is 0 Å². The van der Waals surface area contributed by atoms with Gasteiger partial charge in [-0.25, -0.2) is 4.79 Å². The summed E-state index contributed by atoms with van der Waals surface area (Å²) >= 11 is 6.18. The van der Waals surface area contributed by atoms with Crippen LogP contribution in [0.2, 0.25) is 0 Å². The molecular formula is C16H20O2S2. The van der Waals surface area contributed by atoms with Gasteiger partial charge >= 0.3 is 5.97 Å². The maximum atomic E-state index is 11.7. The molecule has 1 aromatic rings. The Labute approximate surface area is 129 Å². The van der Waals surface area contributed by atoms with E-state index in [-0.39, 0.29) is 0 Å². The van der Waals surface area contributed by atoms with Gasteiger partial charge in [0.15, 0.2) is 0 Å². The average Bonchev–Trinajstić information content (AvgIpc) is 2.78. The topological polar surface area (TPSA) is 37.3 Å². The number of hydrogen-bond donors (Lipinski definition) is 2. The minimum Gasteiger partial charge on any atom is -0.478 e. The third kappa shape index (κ3) is 2.56. The molecule has 0 bridgehead atoms. The first-order valence-electron chi connectivity index (χ1n) is 7.32. The van der Waals surface area contributed by atoms with Gasteiger partial charge < -0.3 is 5.11 Å².